The predicted molar refractivity (Wildman–Crippen MR) is 71.3 cm³/mol. The Balaban J connectivity index is 2.50. The molecule has 1 unspecified atom stereocenters. The average molecular weight is 279 g/mol. The van der Waals surface area contributed by atoms with Crippen molar-refractivity contribution in [2.45, 2.75) is 12.6 Å². The van der Waals surface area contributed by atoms with Crippen LogP contribution in [0.25, 0.3) is 11.1 Å². The Bertz CT molecular complexity index is 625. The van der Waals surface area contributed by atoms with Crippen LogP contribution in [0.15, 0.2) is 42.9 Å². The van der Waals surface area contributed by atoms with Crippen LogP contribution < -0.4 is 4.57 Å². The molecule has 0 fully saturated rings. The highest BCUT2D eigenvalue weighted by Crippen LogP contribution is 2.50. The van der Waals surface area contributed by atoms with Gasteiger partial charge in [0, 0.05) is 24.5 Å². The normalized spacial score (nSPS) is 13.3. The molecule has 0 aromatic carbocycles. The Kier molecular flexibility index (Phi) is 3.80. The molecule has 0 spiro atoms. The maximum atomic E-state index is 11.4. The molecule has 0 saturated carbocycles. The highest BCUT2D eigenvalue weighted by molar-refractivity contribution is 7.52. The third kappa shape index (κ3) is 3.07. The molecule has 1 atom stereocenters. The molecule has 19 heavy (non-hydrogen) atoms. The number of pyridine rings is 2. The smallest absolute Gasteiger partial charge is 0.324 e. The van der Waals surface area contributed by atoms with Crippen molar-refractivity contribution in [1.82, 2.24) is 4.98 Å². The van der Waals surface area contributed by atoms with Gasteiger partial charge in [-0.1, -0.05) is 0 Å². The van der Waals surface area contributed by atoms with Crippen LogP contribution in [0.1, 0.15) is 18.3 Å². The third-order valence-corrected chi connectivity index (χ3v) is 4.41. The molecule has 0 aliphatic heterocycles. The van der Waals surface area contributed by atoms with Crippen LogP contribution in [-0.2, 0) is 11.6 Å². The molecule has 0 aliphatic rings. The van der Waals surface area contributed by atoms with Gasteiger partial charge in [-0.25, -0.2) is 4.57 Å². The van der Waals surface area contributed by atoms with Crippen molar-refractivity contribution in [3.8, 4) is 11.1 Å². The van der Waals surface area contributed by atoms with Gasteiger partial charge in [0.05, 0.1) is 0 Å². The van der Waals surface area contributed by atoms with E-state index in [0.29, 0.717) is 5.69 Å². The zero-order valence-electron chi connectivity index (χ0n) is 10.8. The largest absolute Gasteiger partial charge is 0.338 e. The first-order valence-electron chi connectivity index (χ1n) is 5.85. The molecular weight excluding hydrogens is 263 g/mol. The van der Waals surface area contributed by atoms with Crippen LogP contribution in [-0.4, -0.2) is 14.8 Å². The molecule has 0 aliphatic carbocycles. The molecule has 2 heterocycles. The SMILES string of the molecule is CC(c1cc(-c2ccncc2)cc[n+]1C)P(=O)(O)O. The van der Waals surface area contributed by atoms with E-state index in [-0.39, 0.29) is 0 Å². The fourth-order valence-electron chi connectivity index (χ4n) is 1.90. The van der Waals surface area contributed by atoms with Gasteiger partial charge < -0.3 is 9.79 Å². The van der Waals surface area contributed by atoms with E-state index < -0.39 is 13.3 Å². The van der Waals surface area contributed by atoms with Crippen LogP contribution in [0.2, 0.25) is 0 Å². The van der Waals surface area contributed by atoms with E-state index in [4.69, 9.17) is 0 Å². The summed E-state index contributed by atoms with van der Waals surface area (Å²) in [5.74, 6) is 0. The lowest BCUT2D eigenvalue weighted by Crippen LogP contribution is -2.34. The Morgan fingerprint density at radius 1 is 1.21 bits per heavy atom. The first-order chi connectivity index (χ1) is 8.89. The van der Waals surface area contributed by atoms with E-state index in [1.54, 1.807) is 36.3 Å². The Morgan fingerprint density at radius 3 is 2.42 bits per heavy atom. The molecule has 100 valence electrons. The fourth-order valence-corrected chi connectivity index (χ4v) is 2.50. The summed E-state index contributed by atoms with van der Waals surface area (Å²) >= 11 is 0. The fraction of sp³-hybridized carbons (Fsp3) is 0.231. The number of aryl methyl sites for hydroxylation is 1. The van der Waals surface area contributed by atoms with Gasteiger partial charge in [0.1, 0.15) is 12.7 Å². The Morgan fingerprint density at radius 2 is 1.84 bits per heavy atom. The van der Waals surface area contributed by atoms with E-state index in [1.165, 1.54) is 6.92 Å². The van der Waals surface area contributed by atoms with Crippen LogP contribution >= 0.6 is 7.60 Å². The van der Waals surface area contributed by atoms with Gasteiger partial charge >= 0.3 is 7.60 Å². The van der Waals surface area contributed by atoms with Crippen molar-refractivity contribution in [3.05, 3.63) is 48.5 Å². The van der Waals surface area contributed by atoms with Crippen molar-refractivity contribution >= 4 is 7.60 Å². The second-order valence-corrected chi connectivity index (χ2v) is 6.40. The number of hydrogen-bond acceptors (Lipinski definition) is 2. The molecule has 2 aromatic rings. The maximum absolute atomic E-state index is 11.4. The van der Waals surface area contributed by atoms with Gasteiger partial charge in [0.25, 0.3) is 0 Å². The van der Waals surface area contributed by atoms with Crippen molar-refractivity contribution in [3.63, 3.8) is 0 Å². The number of rotatable bonds is 3. The van der Waals surface area contributed by atoms with Crippen molar-refractivity contribution in [2.24, 2.45) is 7.05 Å². The van der Waals surface area contributed by atoms with Gasteiger partial charge in [0.2, 0.25) is 0 Å². The molecule has 6 heteroatoms. The molecule has 0 bridgehead atoms. The first-order valence-corrected chi connectivity index (χ1v) is 7.53. The molecule has 5 nitrogen and oxygen atoms in total. The Hall–Kier alpha value is -1.55. The first kappa shape index (κ1) is 13.9. The maximum Gasteiger partial charge on any atom is 0.338 e. The van der Waals surface area contributed by atoms with Gasteiger partial charge in [-0.05, 0) is 30.2 Å². The van der Waals surface area contributed by atoms with E-state index >= 15 is 0 Å². The highest BCUT2D eigenvalue weighted by atomic mass is 31.2. The van der Waals surface area contributed by atoms with Crippen LogP contribution in [0.3, 0.4) is 0 Å². The molecule has 2 N–H and O–H groups in total. The second kappa shape index (κ2) is 5.21. The summed E-state index contributed by atoms with van der Waals surface area (Å²) in [6, 6.07) is 7.44. The molecule has 0 radical (unpaired) electrons. The summed E-state index contributed by atoms with van der Waals surface area (Å²) in [6.07, 6.45) is 5.18. The van der Waals surface area contributed by atoms with E-state index in [1.807, 2.05) is 18.2 Å². The minimum atomic E-state index is -4.15. The zero-order valence-corrected chi connectivity index (χ0v) is 11.7. The summed E-state index contributed by atoms with van der Waals surface area (Å²) < 4.78 is 13.1. The average Bonchev–Trinajstić information content (AvgIpc) is 2.38. The van der Waals surface area contributed by atoms with Crippen molar-refractivity contribution in [1.29, 1.82) is 0 Å². The van der Waals surface area contributed by atoms with E-state index in [0.717, 1.165) is 11.1 Å². The van der Waals surface area contributed by atoms with Crippen molar-refractivity contribution < 1.29 is 18.9 Å². The minimum absolute atomic E-state index is 0.600. The molecule has 2 rings (SSSR count). The molecule has 2 aromatic heterocycles. The lowest BCUT2D eigenvalue weighted by atomic mass is 10.1. The van der Waals surface area contributed by atoms with Gasteiger partial charge in [-0.3, -0.25) is 9.55 Å². The van der Waals surface area contributed by atoms with E-state index in [9.17, 15) is 14.4 Å². The molecular formula is C13H16N2O3P+. The monoisotopic (exact) mass is 279 g/mol. The standard InChI is InChI=1S/C13H15N2O3P/c1-10(19(16,17)18)13-9-12(5-8-15(13)2)11-3-6-14-7-4-11/h3-10H,1-2H3,(H-,16,17,18)/p+1. The summed E-state index contributed by atoms with van der Waals surface area (Å²) in [5, 5.41) is 0. The van der Waals surface area contributed by atoms with Crippen LogP contribution in [0, 0.1) is 0 Å². The predicted octanol–water partition coefficient (Wildman–Crippen LogP) is 1.81. The van der Waals surface area contributed by atoms with Crippen LogP contribution in [0.4, 0.5) is 0 Å². The van der Waals surface area contributed by atoms with Gasteiger partial charge in [-0.15, -0.1) is 0 Å². The Labute approximate surface area is 111 Å². The number of aromatic nitrogens is 2. The van der Waals surface area contributed by atoms with Crippen molar-refractivity contribution in [2.75, 3.05) is 0 Å². The van der Waals surface area contributed by atoms with Gasteiger partial charge in [0.15, 0.2) is 11.9 Å². The molecule has 0 saturated heterocycles. The number of hydrogen-bond donors (Lipinski definition) is 2. The summed E-state index contributed by atoms with van der Waals surface area (Å²) in [7, 11) is -2.37. The van der Waals surface area contributed by atoms with Gasteiger partial charge in [-0.2, -0.15) is 0 Å². The number of nitrogens with zero attached hydrogens (tertiary/aromatic N) is 2. The van der Waals surface area contributed by atoms with E-state index in [2.05, 4.69) is 4.98 Å². The molecule has 0 amide bonds. The summed E-state index contributed by atoms with van der Waals surface area (Å²) in [4.78, 5) is 22.6. The summed E-state index contributed by atoms with van der Waals surface area (Å²) in [5.41, 5.74) is 1.65. The minimum Gasteiger partial charge on any atom is -0.324 e. The lowest BCUT2D eigenvalue weighted by molar-refractivity contribution is -0.679. The highest BCUT2D eigenvalue weighted by Gasteiger charge is 2.32. The topological polar surface area (TPSA) is 74.3 Å². The zero-order chi connectivity index (χ0) is 14.0. The quantitative estimate of drug-likeness (QED) is 0.664. The lowest BCUT2D eigenvalue weighted by Gasteiger charge is -2.12. The second-order valence-electron chi connectivity index (χ2n) is 4.45. The third-order valence-electron chi connectivity index (χ3n) is 3.13. The van der Waals surface area contributed by atoms with Crippen LogP contribution in [0.5, 0.6) is 0 Å². The summed E-state index contributed by atoms with van der Waals surface area (Å²) in [6.45, 7) is 1.53.